The van der Waals surface area contributed by atoms with Crippen LogP contribution >= 0.6 is 0 Å². The second-order valence-corrected chi connectivity index (χ2v) is 4.40. The number of hydrogen-bond donors (Lipinski definition) is 0. The maximum Gasteiger partial charge on any atom is 0.164 e. The normalized spacial score (nSPS) is 15.6. The van der Waals surface area contributed by atoms with Crippen molar-refractivity contribution in [1.82, 2.24) is 9.78 Å². The Morgan fingerprint density at radius 3 is 2.72 bits per heavy atom. The zero-order valence-corrected chi connectivity index (χ0v) is 10.0. The molecule has 0 fully saturated rings. The number of carbonyl (C=O) groups excluding carboxylic acids is 1. The lowest BCUT2D eigenvalue weighted by Crippen LogP contribution is -2.10. The summed E-state index contributed by atoms with van der Waals surface area (Å²) in [6.45, 7) is 0. The zero-order valence-electron chi connectivity index (χ0n) is 10.0. The number of para-hydroxylation sites is 1. The van der Waals surface area contributed by atoms with Crippen molar-refractivity contribution in [2.45, 2.75) is 19.3 Å². The molecule has 1 aliphatic carbocycles. The minimum atomic E-state index is 0.221. The molecule has 0 atom stereocenters. The highest BCUT2D eigenvalue weighted by atomic mass is 16.1. The van der Waals surface area contributed by atoms with E-state index in [2.05, 4.69) is 5.10 Å². The first-order valence-electron chi connectivity index (χ1n) is 6.19. The number of carbonyl (C=O) groups is 1. The van der Waals surface area contributed by atoms with Gasteiger partial charge in [-0.3, -0.25) is 4.79 Å². The number of allylic oxidation sites excluding steroid dienone is 2. The van der Waals surface area contributed by atoms with Crippen molar-refractivity contribution in [3.63, 3.8) is 0 Å². The second kappa shape index (κ2) is 4.61. The third-order valence-corrected chi connectivity index (χ3v) is 3.18. The van der Waals surface area contributed by atoms with Crippen LogP contribution in [-0.2, 0) is 4.79 Å². The number of hydrogen-bond acceptors (Lipinski definition) is 2. The number of aromatic nitrogens is 2. The fourth-order valence-electron chi connectivity index (χ4n) is 2.29. The zero-order chi connectivity index (χ0) is 12.4. The summed E-state index contributed by atoms with van der Waals surface area (Å²) in [7, 11) is 0. The van der Waals surface area contributed by atoms with Crippen molar-refractivity contribution in [2.75, 3.05) is 0 Å². The van der Waals surface area contributed by atoms with E-state index in [1.807, 2.05) is 47.2 Å². The molecular weight excluding hydrogens is 224 g/mol. The lowest BCUT2D eigenvalue weighted by molar-refractivity contribution is -0.114. The van der Waals surface area contributed by atoms with Crippen LogP contribution in [0.2, 0.25) is 0 Å². The molecule has 3 rings (SSSR count). The molecule has 0 aliphatic heterocycles. The summed E-state index contributed by atoms with van der Waals surface area (Å²) in [6, 6.07) is 11.8. The van der Waals surface area contributed by atoms with Crippen LogP contribution in [0.5, 0.6) is 0 Å². The van der Waals surface area contributed by atoms with Crippen LogP contribution in [0.4, 0.5) is 0 Å². The van der Waals surface area contributed by atoms with Gasteiger partial charge in [-0.05, 0) is 31.0 Å². The van der Waals surface area contributed by atoms with Crippen molar-refractivity contribution in [2.24, 2.45) is 0 Å². The average molecular weight is 238 g/mol. The van der Waals surface area contributed by atoms with E-state index in [0.29, 0.717) is 6.42 Å². The highest BCUT2D eigenvalue weighted by Crippen LogP contribution is 2.25. The molecule has 0 spiro atoms. The monoisotopic (exact) mass is 238 g/mol. The molecule has 3 nitrogen and oxygen atoms in total. The Labute approximate surface area is 106 Å². The van der Waals surface area contributed by atoms with Gasteiger partial charge in [0.05, 0.1) is 17.6 Å². The minimum absolute atomic E-state index is 0.221. The predicted molar refractivity (Wildman–Crippen MR) is 70.4 cm³/mol. The minimum Gasteiger partial charge on any atom is -0.294 e. The molecule has 0 amide bonds. The first-order chi connectivity index (χ1) is 8.86. The highest BCUT2D eigenvalue weighted by molar-refractivity contribution is 6.20. The quantitative estimate of drug-likeness (QED) is 0.806. The topological polar surface area (TPSA) is 34.9 Å². The van der Waals surface area contributed by atoms with Crippen molar-refractivity contribution < 1.29 is 4.79 Å². The van der Waals surface area contributed by atoms with E-state index in [4.69, 9.17) is 0 Å². The molecule has 1 heterocycles. The van der Waals surface area contributed by atoms with E-state index in [1.54, 1.807) is 6.20 Å². The molecule has 0 radical (unpaired) electrons. The average Bonchev–Trinajstić information content (AvgIpc) is 2.89. The van der Waals surface area contributed by atoms with Crippen LogP contribution in [0, 0.1) is 0 Å². The maximum absolute atomic E-state index is 12.0. The van der Waals surface area contributed by atoms with Crippen LogP contribution in [-0.4, -0.2) is 15.6 Å². The molecule has 3 heteroatoms. The summed E-state index contributed by atoms with van der Waals surface area (Å²) >= 11 is 0. The second-order valence-electron chi connectivity index (χ2n) is 4.40. The van der Waals surface area contributed by atoms with Gasteiger partial charge in [0.1, 0.15) is 0 Å². The number of benzene rings is 1. The molecule has 0 N–H and O–H groups in total. The number of Topliss-reactive ketones (excluding diaryl/α,β-unsaturated/α-hetero) is 1. The summed E-state index contributed by atoms with van der Waals surface area (Å²) in [5.74, 6) is 0.221. The Bertz CT molecular complexity index is 596. The van der Waals surface area contributed by atoms with E-state index in [1.165, 1.54) is 0 Å². The van der Waals surface area contributed by atoms with E-state index in [9.17, 15) is 4.79 Å². The van der Waals surface area contributed by atoms with Gasteiger partial charge in [0.15, 0.2) is 5.78 Å². The number of ketones is 1. The third-order valence-electron chi connectivity index (χ3n) is 3.18. The van der Waals surface area contributed by atoms with Crippen LogP contribution in [0.1, 0.15) is 25.0 Å². The summed E-state index contributed by atoms with van der Waals surface area (Å²) in [5.41, 5.74) is 2.69. The number of rotatable bonds is 2. The predicted octanol–water partition coefficient (Wildman–Crippen LogP) is 3.01. The van der Waals surface area contributed by atoms with Gasteiger partial charge in [0.25, 0.3) is 0 Å². The van der Waals surface area contributed by atoms with Crippen molar-refractivity contribution in [1.29, 1.82) is 0 Å². The van der Waals surface area contributed by atoms with Gasteiger partial charge in [-0.25, -0.2) is 4.68 Å². The third kappa shape index (κ3) is 1.88. The van der Waals surface area contributed by atoms with E-state index >= 15 is 0 Å². The molecule has 1 aliphatic rings. The molecule has 2 aromatic rings. The summed E-state index contributed by atoms with van der Waals surface area (Å²) in [5, 5.41) is 4.32. The molecule has 0 saturated heterocycles. The van der Waals surface area contributed by atoms with E-state index < -0.39 is 0 Å². The Kier molecular flexibility index (Phi) is 2.81. The Balaban J connectivity index is 2.07. The standard InChI is InChI=1S/C15H14N2O/c18-15-9-5-4-8-13(15)14-10-11-16-17(14)12-6-2-1-3-7-12/h1-3,6-8,10-11H,4-5,9H2. The van der Waals surface area contributed by atoms with Crippen LogP contribution in [0.15, 0.2) is 48.7 Å². The van der Waals surface area contributed by atoms with Crippen LogP contribution < -0.4 is 0 Å². The van der Waals surface area contributed by atoms with Gasteiger partial charge in [-0.1, -0.05) is 24.3 Å². The maximum atomic E-state index is 12.0. The first-order valence-corrected chi connectivity index (χ1v) is 6.19. The van der Waals surface area contributed by atoms with E-state index in [-0.39, 0.29) is 5.78 Å². The Morgan fingerprint density at radius 1 is 1.11 bits per heavy atom. The van der Waals surface area contributed by atoms with Crippen molar-refractivity contribution in [3.05, 3.63) is 54.4 Å². The van der Waals surface area contributed by atoms with Gasteiger partial charge < -0.3 is 0 Å². The molecule has 0 saturated carbocycles. The lowest BCUT2D eigenvalue weighted by atomic mass is 9.96. The van der Waals surface area contributed by atoms with Gasteiger partial charge >= 0.3 is 0 Å². The molecule has 0 unspecified atom stereocenters. The molecular formula is C15H14N2O. The van der Waals surface area contributed by atoms with Crippen LogP contribution in [0.25, 0.3) is 11.3 Å². The smallest absolute Gasteiger partial charge is 0.164 e. The SMILES string of the molecule is O=C1CCCC=C1c1ccnn1-c1ccccc1. The fourth-order valence-corrected chi connectivity index (χ4v) is 2.29. The van der Waals surface area contributed by atoms with Crippen molar-refractivity contribution in [3.8, 4) is 5.69 Å². The van der Waals surface area contributed by atoms with E-state index in [0.717, 1.165) is 29.8 Å². The molecule has 1 aromatic carbocycles. The van der Waals surface area contributed by atoms with Gasteiger partial charge in [-0.15, -0.1) is 0 Å². The Hall–Kier alpha value is -2.16. The largest absolute Gasteiger partial charge is 0.294 e. The summed E-state index contributed by atoms with van der Waals surface area (Å²) in [4.78, 5) is 12.0. The molecule has 90 valence electrons. The highest BCUT2D eigenvalue weighted by Gasteiger charge is 2.19. The molecule has 18 heavy (non-hydrogen) atoms. The molecule has 1 aromatic heterocycles. The summed E-state index contributed by atoms with van der Waals surface area (Å²) < 4.78 is 1.83. The fraction of sp³-hybridized carbons (Fsp3) is 0.200. The van der Waals surface area contributed by atoms with Crippen molar-refractivity contribution >= 4 is 11.4 Å². The van der Waals surface area contributed by atoms with Gasteiger partial charge in [0, 0.05) is 12.0 Å². The number of nitrogens with zero attached hydrogens (tertiary/aromatic N) is 2. The van der Waals surface area contributed by atoms with Gasteiger partial charge in [-0.2, -0.15) is 5.10 Å². The van der Waals surface area contributed by atoms with Crippen LogP contribution in [0.3, 0.4) is 0 Å². The lowest BCUT2D eigenvalue weighted by Gasteiger charge is -2.13. The molecule has 0 bridgehead atoms. The van der Waals surface area contributed by atoms with Gasteiger partial charge in [0.2, 0.25) is 0 Å². The first kappa shape index (κ1) is 11.0. The Morgan fingerprint density at radius 2 is 1.94 bits per heavy atom. The summed E-state index contributed by atoms with van der Waals surface area (Å²) in [6.07, 6.45) is 6.35.